The van der Waals surface area contributed by atoms with Crippen molar-refractivity contribution in [3.8, 4) is 0 Å². The first-order valence-corrected chi connectivity index (χ1v) is 8.51. The Bertz CT molecular complexity index is 576. The monoisotopic (exact) mass is 355 g/mol. The molecule has 7 heteroatoms. The molecule has 1 rings (SSSR count). The molecule has 0 heterocycles. The maximum Gasteiger partial charge on any atom is 0.251 e. The Kier molecular flexibility index (Phi) is 8.01. The number of amides is 2. The first-order chi connectivity index (χ1) is 11.2. The highest BCUT2D eigenvalue weighted by atomic mass is 35.5. The molecule has 0 spiro atoms. The average molecular weight is 356 g/mol. The normalized spacial score (nSPS) is 11.0. The lowest BCUT2D eigenvalue weighted by molar-refractivity contribution is -0.887. The van der Waals surface area contributed by atoms with E-state index in [1.54, 1.807) is 18.2 Å². The fourth-order valence-corrected chi connectivity index (χ4v) is 2.40. The highest BCUT2D eigenvalue weighted by molar-refractivity contribution is 6.33. The summed E-state index contributed by atoms with van der Waals surface area (Å²) in [5.41, 5.74) is 1.34. The molecule has 1 aromatic rings. The molecule has 2 amide bonds. The van der Waals surface area contributed by atoms with Gasteiger partial charge in [0.05, 0.1) is 51.0 Å². The standard InChI is InChI=1S/C17H27ClN4O2/c1-5-19-16-12-14(6-7-15(16)18)17(24)21-9-11-22(3,4)10-8-20-13(2)23/h6-7,12,19H,5,8-11H2,1-4H3,(H-,20,21,23,24)/p+1. The molecule has 0 aliphatic heterocycles. The fraction of sp³-hybridized carbons (Fsp3) is 0.529. The predicted molar refractivity (Wildman–Crippen MR) is 98.5 cm³/mol. The van der Waals surface area contributed by atoms with Crippen molar-refractivity contribution in [3.63, 3.8) is 0 Å². The van der Waals surface area contributed by atoms with Crippen molar-refractivity contribution in [2.24, 2.45) is 0 Å². The number of nitrogens with zero attached hydrogens (tertiary/aromatic N) is 1. The Balaban J connectivity index is 2.48. The average Bonchev–Trinajstić information content (AvgIpc) is 2.48. The molecule has 0 bridgehead atoms. The molecule has 6 nitrogen and oxygen atoms in total. The van der Waals surface area contributed by atoms with Gasteiger partial charge >= 0.3 is 0 Å². The van der Waals surface area contributed by atoms with Crippen LogP contribution in [0.2, 0.25) is 5.02 Å². The minimum absolute atomic E-state index is 0.0254. The number of benzene rings is 1. The molecule has 0 fully saturated rings. The summed E-state index contributed by atoms with van der Waals surface area (Å²) < 4.78 is 0.712. The lowest BCUT2D eigenvalue weighted by Crippen LogP contribution is -2.49. The zero-order valence-electron chi connectivity index (χ0n) is 14.9. The first-order valence-electron chi connectivity index (χ1n) is 8.13. The van der Waals surface area contributed by atoms with Crippen molar-refractivity contribution in [3.05, 3.63) is 28.8 Å². The third kappa shape index (κ3) is 7.19. The van der Waals surface area contributed by atoms with Crippen molar-refractivity contribution in [1.82, 2.24) is 10.6 Å². The molecule has 24 heavy (non-hydrogen) atoms. The molecular formula is C17H28ClN4O2+. The molecule has 0 saturated carbocycles. The number of rotatable bonds is 9. The van der Waals surface area contributed by atoms with E-state index in [-0.39, 0.29) is 11.8 Å². The molecule has 0 radical (unpaired) electrons. The van der Waals surface area contributed by atoms with Crippen LogP contribution in [0.5, 0.6) is 0 Å². The zero-order chi connectivity index (χ0) is 18.2. The van der Waals surface area contributed by atoms with E-state index in [2.05, 4.69) is 30.0 Å². The largest absolute Gasteiger partial charge is 0.384 e. The second-order valence-corrected chi connectivity index (χ2v) is 6.75. The Morgan fingerprint density at radius 3 is 2.33 bits per heavy atom. The lowest BCUT2D eigenvalue weighted by Gasteiger charge is -2.29. The third-order valence-corrected chi connectivity index (χ3v) is 4.02. The van der Waals surface area contributed by atoms with Crippen molar-refractivity contribution in [2.75, 3.05) is 52.1 Å². The second-order valence-electron chi connectivity index (χ2n) is 6.35. The van der Waals surface area contributed by atoms with Crippen molar-refractivity contribution >= 4 is 29.1 Å². The minimum atomic E-state index is -0.118. The van der Waals surface area contributed by atoms with Gasteiger partial charge in [0.2, 0.25) is 5.91 Å². The van der Waals surface area contributed by atoms with Crippen molar-refractivity contribution in [1.29, 1.82) is 0 Å². The quantitative estimate of drug-likeness (QED) is 0.591. The Labute approximate surface area is 149 Å². The van der Waals surface area contributed by atoms with Crippen LogP contribution < -0.4 is 16.0 Å². The maximum absolute atomic E-state index is 12.3. The number of anilines is 1. The number of hydrogen-bond donors (Lipinski definition) is 3. The van der Waals surface area contributed by atoms with Gasteiger partial charge in [0, 0.05) is 19.0 Å². The van der Waals surface area contributed by atoms with E-state index in [0.29, 0.717) is 28.2 Å². The van der Waals surface area contributed by atoms with Gasteiger partial charge in [-0.3, -0.25) is 9.59 Å². The summed E-state index contributed by atoms with van der Waals surface area (Å²) in [6, 6.07) is 5.20. The summed E-state index contributed by atoms with van der Waals surface area (Å²) in [5.74, 6) is -0.143. The molecule has 0 saturated heterocycles. The second kappa shape index (κ2) is 9.49. The molecule has 1 aromatic carbocycles. The van der Waals surface area contributed by atoms with E-state index >= 15 is 0 Å². The van der Waals surface area contributed by atoms with E-state index < -0.39 is 0 Å². The summed E-state index contributed by atoms with van der Waals surface area (Å²) in [7, 11) is 4.14. The highest BCUT2D eigenvalue weighted by Crippen LogP contribution is 2.22. The highest BCUT2D eigenvalue weighted by Gasteiger charge is 2.15. The number of likely N-dealkylation sites (N-methyl/N-ethyl adjacent to an activating group) is 1. The Morgan fingerprint density at radius 2 is 1.75 bits per heavy atom. The van der Waals surface area contributed by atoms with Gasteiger partial charge in [-0.1, -0.05) is 11.6 Å². The van der Waals surface area contributed by atoms with Crippen LogP contribution in [0.4, 0.5) is 5.69 Å². The molecule has 0 aliphatic carbocycles. The number of nitrogens with one attached hydrogen (secondary N) is 3. The topological polar surface area (TPSA) is 70.2 Å². The van der Waals surface area contributed by atoms with Gasteiger partial charge in [-0.25, -0.2) is 0 Å². The Hall–Kier alpha value is -1.79. The Morgan fingerprint density at radius 1 is 1.12 bits per heavy atom. The lowest BCUT2D eigenvalue weighted by atomic mass is 10.2. The molecular weight excluding hydrogens is 328 g/mol. The van der Waals surface area contributed by atoms with Gasteiger partial charge in [0.1, 0.15) is 0 Å². The van der Waals surface area contributed by atoms with Gasteiger partial charge in [-0.05, 0) is 25.1 Å². The molecule has 0 atom stereocenters. The van der Waals surface area contributed by atoms with Gasteiger partial charge in [0.15, 0.2) is 0 Å². The van der Waals surface area contributed by atoms with E-state index in [1.807, 2.05) is 6.92 Å². The van der Waals surface area contributed by atoms with Gasteiger partial charge in [-0.2, -0.15) is 0 Å². The minimum Gasteiger partial charge on any atom is -0.384 e. The van der Waals surface area contributed by atoms with Crippen LogP contribution in [0.25, 0.3) is 0 Å². The van der Waals surface area contributed by atoms with Crippen LogP contribution in [0.1, 0.15) is 24.2 Å². The number of carbonyl (C=O) groups is 2. The van der Waals surface area contributed by atoms with E-state index in [1.165, 1.54) is 6.92 Å². The van der Waals surface area contributed by atoms with E-state index in [4.69, 9.17) is 11.6 Å². The predicted octanol–water partition coefficient (Wildman–Crippen LogP) is 1.71. The molecule has 0 aromatic heterocycles. The summed E-state index contributed by atoms with van der Waals surface area (Å²) in [6.07, 6.45) is 0. The SMILES string of the molecule is CCNc1cc(C(=O)NCC[N+](C)(C)CCNC(C)=O)ccc1Cl. The van der Waals surface area contributed by atoms with Gasteiger partial charge < -0.3 is 20.4 Å². The van der Waals surface area contributed by atoms with Gasteiger partial charge in [-0.15, -0.1) is 0 Å². The molecule has 3 N–H and O–H groups in total. The van der Waals surface area contributed by atoms with Crippen molar-refractivity contribution in [2.45, 2.75) is 13.8 Å². The van der Waals surface area contributed by atoms with E-state index in [0.717, 1.165) is 25.3 Å². The number of halogens is 1. The summed E-state index contributed by atoms with van der Waals surface area (Å²) >= 11 is 6.09. The van der Waals surface area contributed by atoms with Crippen LogP contribution in [-0.4, -0.2) is 63.1 Å². The zero-order valence-corrected chi connectivity index (χ0v) is 15.7. The molecule has 0 aliphatic rings. The number of hydrogen-bond acceptors (Lipinski definition) is 3. The van der Waals surface area contributed by atoms with Gasteiger partial charge in [0.25, 0.3) is 5.91 Å². The molecule has 0 unspecified atom stereocenters. The first kappa shape index (κ1) is 20.3. The van der Waals surface area contributed by atoms with Crippen LogP contribution >= 0.6 is 11.6 Å². The maximum atomic E-state index is 12.3. The molecule has 134 valence electrons. The third-order valence-electron chi connectivity index (χ3n) is 3.69. The fourth-order valence-electron chi connectivity index (χ4n) is 2.21. The van der Waals surface area contributed by atoms with Crippen LogP contribution in [-0.2, 0) is 4.79 Å². The summed E-state index contributed by atoms with van der Waals surface area (Å²) in [5, 5.41) is 9.45. The van der Waals surface area contributed by atoms with Crippen LogP contribution in [0.3, 0.4) is 0 Å². The number of quaternary nitrogens is 1. The van der Waals surface area contributed by atoms with Crippen LogP contribution in [0, 0.1) is 0 Å². The van der Waals surface area contributed by atoms with Crippen molar-refractivity contribution < 1.29 is 14.1 Å². The summed E-state index contributed by atoms with van der Waals surface area (Å²) in [4.78, 5) is 23.2. The van der Waals surface area contributed by atoms with E-state index in [9.17, 15) is 9.59 Å². The van der Waals surface area contributed by atoms with Crippen LogP contribution in [0.15, 0.2) is 18.2 Å². The summed E-state index contributed by atoms with van der Waals surface area (Å²) in [6.45, 7) is 6.99. The smallest absolute Gasteiger partial charge is 0.251 e. The number of carbonyl (C=O) groups excluding carboxylic acids is 2.